The number of hydrogen-bond donors (Lipinski definition) is 2. The lowest BCUT2D eigenvalue weighted by Crippen LogP contribution is -2.37. The van der Waals surface area contributed by atoms with Crippen LogP contribution in [0.1, 0.15) is 32.6 Å². The summed E-state index contributed by atoms with van der Waals surface area (Å²) >= 11 is 3.38. The van der Waals surface area contributed by atoms with Gasteiger partial charge in [0, 0.05) is 16.6 Å². The average molecular weight is 315 g/mol. The highest BCUT2D eigenvalue weighted by atomic mass is 79.9. The van der Waals surface area contributed by atoms with Crippen LogP contribution in [0.5, 0.6) is 0 Å². The minimum atomic E-state index is -0.201. The van der Waals surface area contributed by atoms with Gasteiger partial charge in [-0.2, -0.15) is 0 Å². The van der Waals surface area contributed by atoms with Crippen molar-refractivity contribution in [1.29, 1.82) is 0 Å². The van der Waals surface area contributed by atoms with Gasteiger partial charge in [-0.3, -0.25) is 0 Å². The predicted molar refractivity (Wildman–Crippen MR) is 77.4 cm³/mol. The molecule has 2 N–H and O–H groups in total. The maximum Gasteiger partial charge on any atom is 0.147 e. The Morgan fingerprint density at radius 1 is 1.50 bits per heavy atom. The Morgan fingerprint density at radius 2 is 2.33 bits per heavy atom. The molecule has 1 saturated heterocycles. The van der Waals surface area contributed by atoms with E-state index < -0.39 is 0 Å². The lowest BCUT2D eigenvalue weighted by Gasteiger charge is -2.27. The van der Waals surface area contributed by atoms with E-state index in [0.29, 0.717) is 11.7 Å². The molecule has 4 heteroatoms. The van der Waals surface area contributed by atoms with Crippen LogP contribution < -0.4 is 10.6 Å². The summed E-state index contributed by atoms with van der Waals surface area (Å²) in [5.41, 5.74) is 0.570. The molecule has 2 unspecified atom stereocenters. The lowest BCUT2D eigenvalue weighted by molar-refractivity contribution is 0.371. The fourth-order valence-corrected chi connectivity index (χ4v) is 2.95. The number of para-hydroxylation sites is 1. The predicted octanol–water partition coefficient (Wildman–Crippen LogP) is 3.92. The Balaban J connectivity index is 1.92. The van der Waals surface area contributed by atoms with E-state index in [0.717, 1.165) is 17.4 Å². The fourth-order valence-electron chi connectivity index (χ4n) is 2.49. The van der Waals surface area contributed by atoms with Crippen LogP contribution in [0.3, 0.4) is 0 Å². The minimum absolute atomic E-state index is 0.201. The van der Waals surface area contributed by atoms with Crippen LogP contribution in [0, 0.1) is 5.82 Å². The molecule has 2 rings (SSSR count). The zero-order valence-corrected chi connectivity index (χ0v) is 12.3. The van der Waals surface area contributed by atoms with Gasteiger partial charge in [0.05, 0.1) is 5.69 Å². The number of halogens is 2. The molecule has 0 saturated carbocycles. The van der Waals surface area contributed by atoms with Gasteiger partial charge in [0.2, 0.25) is 0 Å². The summed E-state index contributed by atoms with van der Waals surface area (Å²) in [6.45, 7) is 3.22. The van der Waals surface area contributed by atoms with Crippen LogP contribution in [0.25, 0.3) is 0 Å². The molecule has 0 bridgehead atoms. The summed E-state index contributed by atoms with van der Waals surface area (Å²) in [5, 5.41) is 6.78. The van der Waals surface area contributed by atoms with Crippen molar-refractivity contribution in [3.05, 3.63) is 28.5 Å². The molecule has 1 aliphatic rings. The molecule has 0 aliphatic carbocycles. The molecular weight excluding hydrogens is 295 g/mol. The van der Waals surface area contributed by atoms with Crippen molar-refractivity contribution in [2.75, 3.05) is 11.9 Å². The van der Waals surface area contributed by atoms with Crippen LogP contribution in [-0.2, 0) is 0 Å². The van der Waals surface area contributed by atoms with E-state index in [1.54, 1.807) is 6.07 Å². The molecule has 1 heterocycles. The summed E-state index contributed by atoms with van der Waals surface area (Å²) < 4.78 is 14.5. The third-order valence-electron chi connectivity index (χ3n) is 3.40. The van der Waals surface area contributed by atoms with Gasteiger partial charge in [-0.1, -0.05) is 12.5 Å². The number of rotatable bonds is 4. The van der Waals surface area contributed by atoms with Gasteiger partial charge in [0.15, 0.2) is 0 Å². The average Bonchev–Trinajstić information content (AvgIpc) is 2.35. The third-order valence-corrected chi connectivity index (χ3v) is 4.06. The zero-order valence-electron chi connectivity index (χ0n) is 10.7. The van der Waals surface area contributed by atoms with Crippen molar-refractivity contribution in [1.82, 2.24) is 5.32 Å². The van der Waals surface area contributed by atoms with Crippen LogP contribution >= 0.6 is 15.9 Å². The molecule has 1 fully saturated rings. The van der Waals surface area contributed by atoms with Crippen molar-refractivity contribution in [2.24, 2.45) is 0 Å². The topological polar surface area (TPSA) is 24.1 Å². The number of anilines is 1. The molecule has 1 aromatic rings. The second-order valence-electron chi connectivity index (χ2n) is 5.02. The first-order chi connectivity index (χ1) is 8.66. The maximum atomic E-state index is 13.7. The number of hydrogen-bond acceptors (Lipinski definition) is 2. The molecule has 0 radical (unpaired) electrons. The number of piperidine rings is 1. The SMILES string of the molecule is CC(CC1CCCCN1)Nc1c(F)cccc1Br. The largest absolute Gasteiger partial charge is 0.379 e. The highest BCUT2D eigenvalue weighted by Crippen LogP contribution is 2.26. The third kappa shape index (κ3) is 3.69. The molecule has 0 amide bonds. The lowest BCUT2D eigenvalue weighted by atomic mass is 9.98. The number of nitrogens with one attached hydrogen (secondary N) is 2. The van der Waals surface area contributed by atoms with Crippen molar-refractivity contribution >= 4 is 21.6 Å². The molecule has 2 nitrogen and oxygen atoms in total. The smallest absolute Gasteiger partial charge is 0.147 e. The molecule has 1 aliphatic heterocycles. The van der Waals surface area contributed by atoms with Gasteiger partial charge in [0.25, 0.3) is 0 Å². The molecular formula is C14H20BrFN2. The molecule has 0 spiro atoms. The summed E-state index contributed by atoms with van der Waals surface area (Å²) in [6.07, 6.45) is 4.83. The van der Waals surface area contributed by atoms with E-state index in [-0.39, 0.29) is 11.9 Å². The quantitative estimate of drug-likeness (QED) is 0.880. The van der Waals surface area contributed by atoms with Crippen LogP contribution in [0.15, 0.2) is 22.7 Å². The van der Waals surface area contributed by atoms with Gasteiger partial charge in [-0.25, -0.2) is 4.39 Å². The van der Waals surface area contributed by atoms with Gasteiger partial charge in [-0.15, -0.1) is 0 Å². The fraction of sp³-hybridized carbons (Fsp3) is 0.571. The van der Waals surface area contributed by atoms with Gasteiger partial charge < -0.3 is 10.6 Å². The van der Waals surface area contributed by atoms with Gasteiger partial charge in [0.1, 0.15) is 5.82 Å². The van der Waals surface area contributed by atoms with E-state index >= 15 is 0 Å². The first kappa shape index (κ1) is 13.8. The van der Waals surface area contributed by atoms with Crippen molar-refractivity contribution in [3.8, 4) is 0 Å². The standard InChI is InChI=1S/C14H20BrFN2/c1-10(9-11-5-2-3-8-17-11)18-14-12(15)6-4-7-13(14)16/h4,6-7,10-11,17-18H,2-3,5,8-9H2,1H3. The summed E-state index contributed by atoms with van der Waals surface area (Å²) in [6, 6.07) is 5.87. The van der Waals surface area contributed by atoms with E-state index in [9.17, 15) is 4.39 Å². The highest BCUT2D eigenvalue weighted by molar-refractivity contribution is 9.10. The maximum absolute atomic E-state index is 13.7. The number of benzene rings is 1. The molecule has 100 valence electrons. The summed E-state index contributed by atoms with van der Waals surface area (Å²) in [4.78, 5) is 0. The Kier molecular flexibility index (Phi) is 5.01. The van der Waals surface area contributed by atoms with Crippen molar-refractivity contribution in [2.45, 2.75) is 44.7 Å². The van der Waals surface area contributed by atoms with Gasteiger partial charge >= 0.3 is 0 Å². The van der Waals surface area contributed by atoms with Crippen LogP contribution in [0.2, 0.25) is 0 Å². The molecule has 2 atom stereocenters. The highest BCUT2D eigenvalue weighted by Gasteiger charge is 2.17. The first-order valence-electron chi connectivity index (χ1n) is 6.60. The Hall–Kier alpha value is -0.610. The van der Waals surface area contributed by atoms with Crippen molar-refractivity contribution in [3.63, 3.8) is 0 Å². The molecule has 1 aromatic carbocycles. The Labute approximate surface area is 116 Å². The summed E-state index contributed by atoms with van der Waals surface area (Å²) in [7, 11) is 0. The second-order valence-corrected chi connectivity index (χ2v) is 5.88. The first-order valence-corrected chi connectivity index (χ1v) is 7.40. The van der Waals surface area contributed by atoms with E-state index in [1.165, 1.54) is 25.3 Å². The van der Waals surface area contributed by atoms with E-state index in [1.807, 2.05) is 6.07 Å². The van der Waals surface area contributed by atoms with Gasteiger partial charge in [-0.05, 0) is 60.8 Å². The molecule has 0 aromatic heterocycles. The normalized spacial score (nSPS) is 21.6. The van der Waals surface area contributed by atoms with Crippen molar-refractivity contribution < 1.29 is 4.39 Å². The van der Waals surface area contributed by atoms with E-state index in [4.69, 9.17) is 0 Å². The second kappa shape index (κ2) is 6.53. The Morgan fingerprint density at radius 3 is 3.00 bits per heavy atom. The Bertz CT molecular complexity index is 371. The van der Waals surface area contributed by atoms with Crippen LogP contribution in [-0.4, -0.2) is 18.6 Å². The van der Waals surface area contributed by atoms with Crippen LogP contribution in [0.4, 0.5) is 10.1 Å². The zero-order chi connectivity index (χ0) is 13.0. The van der Waals surface area contributed by atoms with E-state index in [2.05, 4.69) is 33.5 Å². The monoisotopic (exact) mass is 314 g/mol. The minimum Gasteiger partial charge on any atom is -0.379 e. The summed E-state index contributed by atoms with van der Waals surface area (Å²) in [5.74, 6) is -0.201. The molecule has 18 heavy (non-hydrogen) atoms.